The van der Waals surface area contributed by atoms with Crippen LogP contribution in [0.2, 0.25) is 0 Å². The number of nitrogens with one attached hydrogen (secondary N) is 1. The van der Waals surface area contributed by atoms with E-state index in [2.05, 4.69) is 5.32 Å². The highest BCUT2D eigenvalue weighted by molar-refractivity contribution is 8.27. The van der Waals surface area contributed by atoms with Crippen LogP contribution in [0.3, 0.4) is 0 Å². The molecule has 0 aliphatic carbocycles. The summed E-state index contributed by atoms with van der Waals surface area (Å²) < 4.78 is 11.7. The third kappa shape index (κ3) is 5.61. The number of aryl methyl sites for hydroxylation is 2. The zero-order chi connectivity index (χ0) is 25.7. The molecule has 184 valence electrons. The van der Waals surface area contributed by atoms with Gasteiger partial charge in [0.15, 0.2) is 22.4 Å². The molecule has 2 amide bonds. The van der Waals surface area contributed by atoms with Crippen molar-refractivity contribution in [2.45, 2.75) is 20.3 Å². The number of benzene rings is 3. The third-order valence-corrected chi connectivity index (χ3v) is 6.97. The monoisotopic (exact) mass is 518 g/mol. The Bertz CT molecular complexity index is 1350. The second-order valence-electron chi connectivity index (χ2n) is 8.06. The molecule has 1 saturated heterocycles. The molecule has 36 heavy (non-hydrogen) atoms. The van der Waals surface area contributed by atoms with Gasteiger partial charge in [-0.1, -0.05) is 73.4 Å². The standard InChI is InChI=1S/C28H26N2O4S2/c1-4-20-10-6-7-11-21(20)29-26(31)17-34-23-14-13-19(15-24(23)33-3)16-25-27(32)30(28(35)36-25)22-12-8-5-9-18(22)2/h5-16H,4,17H2,1-3H3,(H,29,31)/b25-16-. The average Bonchev–Trinajstić information content (AvgIpc) is 3.16. The van der Waals surface area contributed by atoms with Gasteiger partial charge in [0.25, 0.3) is 11.8 Å². The lowest BCUT2D eigenvalue weighted by atomic mass is 10.1. The topological polar surface area (TPSA) is 67.9 Å². The molecule has 4 rings (SSSR count). The summed E-state index contributed by atoms with van der Waals surface area (Å²) in [5.41, 5.74) is 4.34. The van der Waals surface area contributed by atoms with Gasteiger partial charge < -0.3 is 14.8 Å². The fraction of sp³-hybridized carbons (Fsp3) is 0.179. The maximum atomic E-state index is 13.1. The molecular weight excluding hydrogens is 492 g/mol. The zero-order valence-corrected chi connectivity index (χ0v) is 21.9. The van der Waals surface area contributed by atoms with Crippen LogP contribution in [0.1, 0.15) is 23.6 Å². The van der Waals surface area contributed by atoms with Crippen LogP contribution in [0.15, 0.2) is 71.6 Å². The summed E-state index contributed by atoms with van der Waals surface area (Å²) in [6.45, 7) is 3.82. The fourth-order valence-electron chi connectivity index (χ4n) is 3.81. The smallest absolute Gasteiger partial charge is 0.270 e. The van der Waals surface area contributed by atoms with E-state index >= 15 is 0 Å². The van der Waals surface area contributed by atoms with Crippen molar-refractivity contribution in [3.05, 3.63) is 88.3 Å². The first kappa shape index (κ1) is 25.5. The zero-order valence-electron chi connectivity index (χ0n) is 20.2. The van der Waals surface area contributed by atoms with Gasteiger partial charge in [0.05, 0.1) is 17.7 Å². The van der Waals surface area contributed by atoms with Gasteiger partial charge in [-0.25, -0.2) is 0 Å². The van der Waals surface area contributed by atoms with Crippen LogP contribution in [0.4, 0.5) is 11.4 Å². The molecule has 1 N–H and O–H groups in total. The Labute approximate surface area is 220 Å². The van der Waals surface area contributed by atoms with Crippen molar-refractivity contribution in [2.75, 3.05) is 23.9 Å². The van der Waals surface area contributed by atoms with E-state index < -0.39 is 0 Å². The molecule has 6 nitrogen and oxygen atoms in total. The summed E-state index contributed by atoms with van der Waals surface area (Å²) in [4.78, 5) is 27.6. The van der Waals surface area contributed by atoms with Crippen molar-refractivity contribution in [1.82, 2.24) is 0 Å². The van der Waals surface area contributed by atoms with Crippen molar-refractivity contribution in [3.63, 3.8) is 0 Å². The average molecular weight is 519 g/mol. The van der Waals surface area contributed by atoms with Gasteiger partial charge in [-0.2, -0.15) is 0 Å². The molecule has 0 spiro atoms. The van der Waals surface area contributed by atoms with Gasteiger partial charge >= 0.3 is 0 Å². The second kappa shape index (κ2) is 11.4. The van der Waals surface area contributed by atoms with Crippen molar-refractivity contribution in [3.8, 4) is 11.5 Å². The Balaban J connectivity index is 1.46. The van der Waals surface area contributed by atoms with E-state index in [1.165, 1.54) is 18.9 Å². The number of hydrogen-bond donors (Lipinski definition) is 1. The molecule has 0 unspecified atom stereocenters. The summed E-state index contributed by atoms with van der Waals surface area (Å²) in [6.07, 6.45) is 2.59. The Morgan fingerprint density at radius 3 is 2.58 bits per heavy atom. The van der Waals surface area contributed by atoms with Gasteiger partial charge in [-0.05, 0) is 60.4 Å². The van der Waals surface area contributed by atoms with Crippen LogP contribution in [0.25, 0.3) is 6.08 Å². The van der Waals surface area contributed by atoms with Crippen molar-refractivity contribution < 1.29 is 19.1 Å². The lowest BCUT2D eigenvalue weighted by molar-refractivity contribution is -0.118. The van der Waals surface area contributed by atoms with E-state index in [1.54, 1.807) is 23.1 Å². The van der Waals surface area contributed by atoms with Gasteiger partial charge in [0.1, 0.15) is 0 Å². The van der Waals surface area contributed by atoms with Gasteiger partial charge in [0.2, 0.25) is 0 Å². The number of thioether (sulfide) groups is 1. The van der Waals surface area contributed by atoms with Gasteiger partial charge in [-0.3, -0.25) is 14.5 Å². The Kier molecular flexibility index (Phi) is 8.07. The van der Waals surface area contributed by atoms with Crippen LogP contribution in [0, 0.1) is 6.92 Å². The van der Waals surface area contributed by atoms with E-state index in [0.717, 1.165) is 34.5 Å². The lowest BCUT2D eigenvalue weighted by Crippen LogP contribution is -2.28. The Hall–Kier alpha value is -3.62. The van der Waals surface area contributed by atoms with E-state index in [-0.39, 0.29) is 18.4 Å². The van der Waals surface area contributed by atoms with Gasteiger partial charge in [0, 0.05) is 5.69 Å². The van der Waals surface area contributed by atoms with Crippen LogP contribution in [-0.4, -0.2) is 29.9 Å². The number of anilines is 2. The molecule has 8 heteroatoms. The molecule has 1 aliphatic heterocycles. The lowest BCUT2D eigenvalue weighted by Gasteiger charge is -2.16. The number of para-hydroxylation sites is 2. The number of rotatable bonds is 8. The quantitative estimate of drug-likeness (QED) is 0.292. The predicted molar refractivity (Wildman–Crippen MR) is 150 cm³/mol. The molecule has 3 aromatic carbocycles. The summed E-state index contributed by atoms with van der Waals surface area (Å²) in [7, 11) is 1.53. The molecule has 0 radical (unpaired) electrons. The highest BCUT2D eigenvalue weighted by Crippen LogP contribution is 2.38. The maximum absolute atomic E-state index is 13.1. The number of amides is 2. The molecule has 3 aromatic rings. The van der Waals surface area contributed by atoms with E-state index in [4.69, 9.17) is 21.7 Å². The minimum absolute atomic E-state index is 0.164. The number of methoxy groups -OCH3 is 1. The molecule has 0 aromatic heterocycles. The minimum Gasteiger partial charge on any atom is -0.493 e. The SMILES string of the molecule is CCc1ccccc1NC(=O)COc1ccc(/C=C2\SC(=S)N(c3ccccc3C)C2=O)cc1OC. The van der Waals surface area contributed by atoms with Crippen LogP contribution in [-0.2, 0) is 16.0 Å². The van der Waals surface area contributed by atoms with Crippen molar-refractivity contribution in [2.24, 2.45) is 0 Å². The number of thiocarbonyl (C=S) groups is 1. The van der Waals surface area contributed by atoms with E-state index in [9.17, 15) is 9.59 Å². The molecule has 1 aliphatic rings. The number of carbonyl (C=O) groups excluding carboxylic acids is 2. The first-order valence-electron chi connectivity index (χ1n) is 11.4. The highest BCUT2D eigenvalue weighted by atomic mass is 32.2. The van der Waals surface area contributed by atoms with Crippen LogP contribution >= 0.6 is 24.0 Å². The van der Waals surface area contributed by atoms with Crippen LogP contribution in [0.5, 0.6) is 11.5 Å². The summed E-state index contributed by atoms with van der Waals surface area (Å²) in [5, 5.41) is 2.89. The van der Waals surface area contributed by atoms with E-state index in [1.807, 2.05) is 68.4 Å². The number of carbonyl (C=O) groups is 2. The molecular formula is C28H26N2O4S2. The number of hydrogen-bond acceptors (Lipinski definition) is 6. The van der Waals surface area contributed by atoms with Gasteiger partial charge in [-0.15, -0.1) is 0 Å². The first-order valence-corrected chi connectivity index (χ1v) is 12.7. The second-order valence-corrected chi connectivity index (χ2v) is 9.74. The third-order valence-electron chi connectivity index (χ3n) is 5.67. The Morgan fingerprint density at radius 2 is 1.83 bits per heavy atom. The minimum atomic E-state index is -0.262. The van der Waals surface area contributed by atoms with Crippen molar-refractivity contribution in [1.29, 1.82) is 0 Å². The molecule has 1 fully saturated rings. The number of nitrogens with zero attached hydrogens (tertiary/aromatic N) is 1. The molecule has 0 bridgehead atoms. The molecule has 0 saturated carbocycles. The summed E-state index contributed by atoms with van der Waals surface area (Å²) in [5.74, 6) is 0.463. The fourth-order valence-corrected chi connectivity index (χ4v) is 5.10. The number of ether oxygens (including phenoxy) is 2. The van der Waals surface area contributed by atoms with E-state index in [0.29, 0.717) is 20.7 Å². The summed E-state index contributed by atoms with van der Waals surface area (Å²) >= 11 is 6.75. The maximum Gasteiger partial charge on any atom is 0.270 e. The molecule has 1 heterocycles. The van der Waals surface area contributed by atoms with Crippen LogP contribution < -0.4 is 19.7 Å². The highest BCUT2D eigenvalue weighted by Gasteiger charge is 2.34. The largest absolute Gasteiger partial charge is 0.493 e. The van der Waals surface area contributed by atoms with Crippen molar-refractivity contribution >= 4 is 57.6 Å². The molecule has 0 atom stereocenters. The first-order chi connectivity index (χ1) is 17.4. The normalized spacial score (nSPS) is 14.3. The predicted octanol–water partition coefficient (Wildman–Crippen LogP) is 5.99. The summed E-state index contributed by atoms with van der Waals surface area (Å²) in [6, 6.07) is 20.6. The Morgan fingerprint density at radius 1 is 1.08 bits per heavy atom.